The van der Waals surface area contributed by atoms with Crippen molar-refractivity contribution in [2.75, 3.05) is 11.9 Å². The number of thiophene rings is 1. The van der Waals surface area contributed by atoms with Crippen LogP contribution in [-0.4, -0.2) is 24.4 Å². The van der Waals surface area contributed by atoms with E-state index in [1.807, 2.05) is 36.6 Å². The van der Waals surface area contributed by atoms with Crippen molar-refractivity contribution in [3.8, 4) is 0 Å². The summed E-state index contributed by atoms with van der Waals surface area (Å²) < 4.78 is 5.11. The van der Waals surface area contributed by atoms with Crippen LogP contribution in [0.25, 0.3) is 0 Å². The summed E-state index contributed by atoms with van der Waals surface area (Å²) in [5, 5.41) is 7.41. The van der Waals surface area contributed by atoms with Crippen molar-refractivity contribution < 1.29 is 19.1 Å². The van der Waals surface area contributed by atoms with Crippen LogP contribution in [0.3, 0.4) is 0 Å². The second kappa shape index (κ2) is 10.5. The first-order valence-electron chi connectivity index (χ1n) is 9.96. The molecule has 0 saturated heterocycles. The van der Waals surface area contributed by atoms with Gasteiger partial charge in [0.2, 0.25) is 0 Å². The van der Waals surface area contributed by atoms with Gasteiger partial charge in [0, 0.05) is 5.69 Å². The van der Waals surface area contributed by atoms with E-state index in [1.165, 1.54) is 16.9 Å². The van der Waals surface area contributed by atoms with E-state index in [0.29, 0.717) is 16.1 Å². The van der Waals surface area contributed by atoms with Gasteiger partial charge in [-0.1, -0.05) is 37.3 Å². The van der Waals surface area contributed by atoms with Crippen molar-refractivity contribution >= 4 is 34.8 Å². The van der Waals surface area contributed by atoms with E-state index in [1.54, 1.807) is 36.4 Å². The van der Waals surface area contributed by atoms with E-state index in [-0.39, 0.29) is 24.5 Å². The summed E-state index contributed by atoms with van der Waals surface area (Å²) in [5.41, 5.74) is 3.08. The maximum absolute atomic E-state index is 12.2. The minimum Gasteiger partial charge on any atom is -0.452 e. The summed E-state index contributed by atoms with van der Waals surface area (Å²) >= 11 is 1.35. The fourth-order valence-corrected chi connectivity index (χ4v) is 3.53. The lowest BCUT2D eigenvalue weighted by Crippen LogP contribution is -2.31. The number of hydrogen-bond donors (Lipinski definition) is 2. The molecule has 160 valence electrons. The van der Waals surface area contributed by atoms with Gasteiger partial charge in [-0.05, 0) is 60.2 Å². The van der Waals surface area contributed by atoms with Crippen LogP contribution < -0.4 is 10.6 Å². The fraction of sp³-hybridized carbons (Fsp3) is 0.208. The molecule has 0 aliphatic rings. The molecule has 1 heterocycles. The summed E-state index contributed by atoms with van der Waals surface area (Å²) in [6.07, 6.45) is 0.957. The van der Waals surface area contributed by atoms with Crippen LogP contribution in [0.15, 0.2) is 66.0 Å². The van der Waals surface area contributed by atoms with Gasteiger partial charge in [-0.15, -0.1) is 11.3 Å². The second-order valence-corrected chi connectivity index (χ2v) is 7.92. The third kappa shape index (κ3) is 6.26. The van der Waals surface area contributed by atoms with E-state index < -0.39 is 5.97 Å². The quantitative estimate of drug-likeness (QED) is 0.506. The van der Waals surface area contributed by atoms with Crippen LogP contribution >= 0.6 is 11.3 Å². The average Bonchev–Trinajstić information content (AvgIpc) is 3.33. The lowest BCUT2D eigenvalue weighted by Gasteiger charge is -2.15. The molecule has 0 bridgehead atoms. The molecular weight excluding hydrogens is 412 g/mol. The molecule has 0 radical (unpaired) electrons. The minimum atomic E-state index is -0.605. The van der Waals surface area contributed by atoms with Gasteiger partial charge in [0.15, 0.2) is 6.61 Å². The number of amides is 2. The first-order valence-corrected chi connectivity index (χ1v) is 10.8. The number of aryl methyl sites for hydroxylation is 1. The van der Waals surface area contributed by atoms with E-state index in [9.17, 15) is 14.4 Å². The minimum absolute atomic E-state index is 0.191. The van der Waals surface area contributed by atoms with Crippen LogP contribution in [0.4, 0.5) is 5.69 Å². The number of hydrogen-bond acceptors (Lipinski definition) is 5. The van der Waals surface area contributed by atoms with Gasteiger partial charge in [0.05, 0.1) is 16.5 Å². The van der Waals surface area contributed by atoms with Crippen molar-refractivity contribution in [1.82, 2.24) is 5.32 Å². The topological polar surface area (TPSA) is 84.5 Å². The molecule has 2 amide bonds. The van der Waals surface area contributed by atoms with E-state index in [4.69, 9.17) is 4.74 Å². The maximum atomic E-state index is 12.2. The number of carbonyl (C=O) groups excluding carboxylic acids is 3. The zero-order valence-corrected chi connectivity index (χ0v) is 18.2. The Morgan fingerprint density at radius 3 is 2.32 bits per heavy atom. The molecule has 0 spiro atoms. The summed E-state index contributed by atoms with van der Waals surface area (Å²) in [5.74, 6) is -1.19. The Labute approximate surface area is 185 Å². The molecule has 3 rings (SSSR count). The smallest absolute Gasteiger partial charge is 0.338 e. The molecule has 0 fully saturated rings. The third-order valence-electron chi connectivity index (χ3n) is 4.72. The highest BCUT2D eigenvalue weighted by Crippen LogP contribution is 2.16. The molecule has 1 atom stereocenters. The zero-order valence-electron chi connectivity index (χ0n) is 17.4. The molecule has 6 nitrogen and oxygen atoms in total. The summed E-state index contributed by atoms with van der Waals surface area (Å²) in [6, 6.07) is 17.7. The largest absolute Gasteiger partial charge is 0.452 e. The van der Waals surface area contributed by atoms with Crippen LogP contribution in [0.2, 0.25) is 0 Å². The molecule has 31 heavy (non-hydrogen) atoms. The highest BCUT2D eigenvalue weighted by atomic mass is 32.1. The SMILES string of the molecule is CCc1ccc(C(C)NC(=O)COC(=O)c2ccc(NC(=O)c3cccs3)cc2)cc1. The number of anilines is 1. The van der Waals surface area contributed by atoms with Gasteiger partial charge in [0.1, 0.15) is 0 Å². The first kappa shape index (κ1) is 22.2. The highest BCUT2D eigenvalue weighted by molar-refractivity contribution is 7.12. The maximum Gasteiger partial charge on any atom is 0.338 e. The Morgan fingerprint density at radius 1 is 1.00 bits per heavy atom. The van der Waals surface area contributed by atoms with Gasteiger partial charge >= 0.3 is 5.97 Å². The fourth-order valence-electron chi connectivity index (χ4n) is 2.91. The van der Waals surface area contributed by atoms with E-state index in [0.717, 1.165) is 12.0 Å². The van der Waals surface area contributed by atoms with Crippen molar-refractivity contribution in [2.45, 2.75) is 26.3 Å². The van der Waals surface area contributed by atoms with Crippen molar-refractivity contribution in [2.24, 2.45) is 0 Å². The average molecular weight is 437 g/mol. The van der Waals surface area contributed by atoms with Crippen LogP contribution in [0, 0.1) is 0 Å². The number of ether oxygens (including phenoxy) is 1. The number of carbonyl (C=O) groups is 3. The predicted molar refractivity (Wildman–Crippen MR) is 121 cm³/mol. The Morgan fingerprint density at radius 2 is 1.71 bits per heavy atom. The third-order valence-corrected chi connectivity index (χ3v) is 5.59. The summed E-state index contributed by atoms with van der Waals surface area (Å²) in [4.78, 5) is 37.0. The Hall–Kier alpha value is -3.45. The van der Waals surface area contributed by atoms with Gasteiger partial charge in [-0.2, -0.15) is 0 Å². The molecule has 0 aliphatic heterocycles. The Kier molecular flexibility index (Phi) is 7.56. The van der Waals surface area contributed by atoms with Crippen molar-refractivity contribution in [1.29, 1.82) is 0 Å². The molecule has 7 heteroatoms. The molecule has 0 aliphatic carbocycles. The molecule has 3 aromatic rings. The molecule has 2 N–H and O–H groups in total. The zero-order chi connectivity index (χ0) is 22.2. The molecule has 1 unspecified atom stereocenters. The first-order chi connectivity index (χ1) is 15.0. The molecule has 0 saturated carbocycles. The van der Waals surface area contributed by atoms with Crippen LogP contribution in [-0.2, 0) is 16.0 Å². The van der Waals surface area contributed by atoms with Crippen molar-refractivity contribution in [3.63, 3.8) is 0 Å². The lowest BCUT2D eigenvalue weighted by molar-refractivity contribution is -0.124. The number of rotatable bonds is 8. The molecule has 2 aromatic carbocycles. The summed E-state index contributed by atoms with van der Waals surface area (Å²) in [6.45, 7) is 3.60. The number of esters is 1. The van der Waals surface area contributed by atoms with E-state index >= 15 is 0 Å². The normalized spacial score (nSPS) is 11.4. The van der Waals surface area contributed by atoms with Gasteiger partial charge in [-0.3, -0.25) is 9.59 Å². The summed E-state index contributed by atoms with van der Waals surface area (Å²) in [7, 11) is 0. The number of nitrogens with one attached hydrogen (secondary N) is 2. The highest BCUT2D eigenvalue weighted by Gasteiger charge is 2.14. The van der Waals surface area contributed by atoms with Gasteiger partial charge in [-0.25, -0.2) is 4.79 Å². The van der Waals surface area contributed by atoms with Gasteiger partial charge in [0.25, 0.3) is 11.8 Å². The standard InChI is InChI=1S/C24H24N2O4S/c1-3-17-6-8-18(9-7-17)16(2)25-22(27)15-30-24(29)19-10-12-20(13-11-19)26-23(28)21-5-4-14-31-21/h4-14,16H,3,15H2,1-2H3,(H,25,27)(H,26,28). The Balaban J connectivity index is 1.47. The monoisotopic (exact) mass is 436 g/mol. The van der Waals surface area contributed by atoms with E-state index in [2.05, 4.69) is 17.6 Å². The Bertz CT molecular complexity index is 1030. The van der Waals surface area contributed by atoms with Crippen LogP contribution in [0.5, 0.6) is 0 Å². The van der Waals surface area contributed by atoms with Crippen LogP contribution in [0.1, 0.15) is 51.0 Å². The predicted octanol–water partition coefficient (Wildman–Crippen LogP) is 4.60. The van der Waals surface area contributed by atoms with Gasteiger partial charge < -0.3 is 15.4 Å². The molecule has 1 aromatic heterocycles. The molecular formula is C24H24N2O4S. The number of benzene rings is 2. The lowest BCUT2D eigenvalue weighted by atomic mass is 10.1. The van der Waals surface area contributed by atoms with Crippen molar-refractivity contribution in [3.05, 3.63) is 87.6 Å². The second-order valence-electron chi connectivity index (χ2n) is 6.97.